The highest BCUT2D eigenvalue weighted by molar-refractivity contribution is 5.75. The molecule has 1 heterocycles. The second-order valence-corrected chi connectivity index (χ2v) is 6.35. The molecule has 2 aliphatic rings. The van der Waals surface area contributed by atoms with Crippen LogP contribution in [0.15, 0.2) is 25.3 Å². The van der Waals surface area contributed by atoms with Crippen molar-refractivity contribution in [2.24, 2.45) is 23.2 Å². The number of carbonyl (C=O) groups excluding carboxylic acids is 1. The van der Waals surface area contributed by atoms with Crippen LogP contribution in [0.2, 0.25) is 0 Å². The lowest BCUT2D eigenvalue weighted by Crippen LogP contribution is -2.27. The van der Waals surface area contributed by atoms with Crippen LogP contribution in [0.4, 0.5) is 0 Å². The van der Waals surface area contributed by atoms with E-state index in [9.17, 15) is 4.79 Å². The molecule has 2 rings (SSSR count). The summed E-state index contributed by atoms with van der Waals surface area (Å²) in [5.74, 6) is 0.841. The van der Waals surface area contributed by atoms with Gasteiger partial charge in [-0.05, 0) is 31.6 Å². The average molecular weight is 248 g/mol. The molecular weight excluding hydrogens is 224 g/mol. The van der Waals surface area contributed by atoms with E-state index in [4.69, 9.17) is 4.74 Å². The highest BCUT2D eigenvalue weighted by Crippen LogP contribution is 2.54. The van der Waals surface area contributed by atoms with E-state index >= 15 is 0 Å². The molecular formula is C16H24O2. The number of fused-ring (bicyclic) bond motifs is 1. The van der Waals surface area contributed by atoms with Gasteiger partial charge in [-0.25, -0.2) is 0 Å². The van der Waals surface area contributed by atoms with Crippen LogP contribution < -0.4 is 0 Å². The minimum atomic E-state index is 0.00804. The van der Waals surface area contributed by atoms with Crippen molar-refractivity contribution in [3.63, 3.8) is 0 Å². The summed E-state index contributed by atoms with van der Waals surface area (Å²) in [4.78, 5) is 12.0. The molecule has 1 saturated carbocycles. The smallest absolute Gasteiger partial charge is 0.309 e. The van der Waals surface area contributed by atoms with Crippen molar-refractivity contribution < 1.29 is 9.53 Å². The third-order valence-electron chi connectivity index (χ3n) is 4.61. The zero-order chi connectivity index (χ0) is 13.3. The molecule has 0 unspecified atom stereocenters. The molecule has 2 fully saturated rings. The Morgan fingerprint density at radius 1 is 1.44 bits per heavy atom. The van der Waals surface area contributed by atoms with Crippen molar-refractivity contribution in [3.05, 3.63) is 25.3 Å². The fraction of sp³-hybridized carbons (Fsp3) is 0.688. The Morgan fingerprint density at radius 3 is 2.78 bits per heavy atom. The van der Waals surface area contributed by atoms with E-state index in [1.165, 1.54) is 0 Å². The molecule has 2 nitrogen and oxygen atoms in total. The van der Waals surface area contributed by atoms with E-state index in [0.717, 1.165) is 25.7 Å². The highest BCUT2D eigenvalue weighted by Gasteiger charge is 2.58. The summed E-state index contributed by atoms with van der Waals surface area (Å²) in [5.41, 5.74) is 0.0897. The van der Waals surface area contributed by atoms with Crippen molar-refractivity contribution >= 4 is 5.97 Å². The van der Waals surface area contributed by atoms with Crippen LogP contribution in [0.5, 0.6) is 0 Å². The molecule has 0 N–H and O–H groups in total. The van der Waals surface area contributed by atoms with Gasteiger partial charge in [0.2, 0.25) is 0 Å². The first-order valence-corrected chi connectivity index (χ1v) is 6.95. The van der Waals surface area contributed by atoms with E-state index in [1.54, 1.807) is 0 Å². The largest absolute Gasteiger partial charge is 0.461 e. The summed E-state index contributed by atoms with van der Waals surface area (Å²) in [6, 6.07) is 0. The van der Waals surface area contributed by atoms with Crippen molar-refractivity contribution in [2.75, 3.05) is 0 Å². The van der Waals surface area contributed by atoms with Gasteiger partial charge in [0.05, 0.1) is 5.92 Å². The second kappa shape index (κ2) is 4.91. The summed E-state index contributed by atoms with van der Waals surface area (Å²) < 4.78 is 5.66. The Kier molecular flexibility index (Phi) is 3.65. The molecule has 2 heteroatoms. The van der Waals surface area contributed by atoms with Crippen LogP contribution in [0.1, 0.15) is 39.5 Å². The number of esters is 1. The van der Waals surface area contributed by atoms with Crippen LogP contribution in [-0.4, -0.2) is 12.1 Å². The van der Waals surface area contributed by atoms with Crippen LogP contribution in [0, 0.1) is 23.2 Å². The minimum Gasteiger partial charge on any atom is -0.461 e. The normalized spacial score (nSPS) is 37.1. The van der Waals surface area contributed by atoms with Crippen molar-refractivity contribution in [3.8, 4) is 0 Å². The summed E-state index contributed by atoms with van der Waals surface area (Å²) in [6.07, 6.45) is 8.03. The Morgan fingerprint density at radius 2 is 2.17 bits per heavy atom. The van der Waals surface area contributed by atoms with E-state index < -0.39 is 0 Å². The van der Waals surface area contributed by atoms with Gasteiger partial charge in [-0.3, -0.25) is 4.79 Å². The predicted octanol–water partition coefficient (Wildman–Crippen LogP) is 3.73. The van der Waals surface area contributed by atoms with Gasteiger partial charge in [-0.2, -0.15) is 0 Å². The molecule has 4 atom stereocenters. The fourth-order valence-electron chi connectivity index (χ4n) is 3.76. The lowest BCUT2D eigenvalue weighted by atomic mass is 9.81. The van der Waals surface area contributed by atoms with Gasteiger partial charge in [-0.15, -0.1) is 13.2 Å². The van der Waals surface area contributed by atoms with E-state index in [-0.39, 0.29) is 23.4 Å². The SMILES string of the molecule is C=CCCC[C@H]1C(=O)O[C@@H]2[C@H]1[C@H](C=C)CC2(C)C. The summed E-state index contributed by atoms with van der Waals surface area (Å²) >= 11 is 0. The number of ether oxygens (including phenoxy) is 1. The standard InChI is InChI=1S/C16H24O2/c1-5-7-8-9-12-13-11(6-2)10-16(3,4)14(13)18-15(12)17/h5-6,11-14H,1-2,7-10H2,3-4H3/t11-,12-,13+,14-/m1/s1. The Balaban J connectivity index is 2.14. The first kappa shape index (κ1) is 13.4. The van der Waals surface area contributed by atoms with Gasteiger partial charge in [0.1, 0.15) is 6.10 Å². The monoisotopic (exact) mass is 248 g/mol. The summed E-state index contributed by atoms with van der Waals surface area (Å²) in [5, 5.41) is 0. The fourth-order valence-corrected chi connectivity index (χ4v) is 3.76. The topological polar surface area (TPSA) is 26.3 Å². The number of unbranched alkanes of at least 4 members (excludes halogenated alkanes) is 1. The van der Waals surface area contributed by atoms with E-state index in [0.29, 0.717) is 11.8 Å². The Bertz CT molecular complexity index is 356. The molecule has 1 saturated heterocycles. The third kappa shape index (κ3) is 2.13. The number of hydrogen-bond donors (Lipinski definition) is 0. The number of carbonyl (C=O) groups is 1. The maximum atomic E-state index is 12.0. The highest BCUT2D eigenvalue weighted by atomic mass is 16.6. The second-order valence-electron chi connectivity index (χ2n) is 6.35. The molecule has 0 spiro atoms. The van der Waals surface area contributed by atoms with Crippen LogP contribution >= 0.6 is 0 Å². The molecule has 0 aromatic heterocycles. The molecule has 0 amide bonds. The van der Waals surface area contributed by atoms with E-state index in [2.05, 4.69) is 27.0 Å². The van der Waals surface area contributed by atoms with Gasteiger partial charge >= 0.3 is 5.97 Å². The van der Waals surface area contributed by atoms with Gasteiger partial charge < -0.3 is 4.74 Å². The van der Waals surface area contributed by atoms with Gasteiger partial charge in [0, 0.05) is 11.3 Å². The van der Waals surface area contributed by atoms with Gasteiger partial charge in [-0.1, -0.05) is 26.0 Å². The average Bonchev–Trinajstić information content (AvgIpc) is 2.76. The molecule has 1 aliphatic carbocycles. The maximum absolute atomic E-state index is 12.0. The third-order valence-corrected chi connectivity index (χ3v) is 4.61. The lowest BCUT2D eigenvalue weighted by molar-refractivity contribution is -0.147. The first-order chi connectivity index (χ1) is 8.51. The van der Waals surface area contributed by atoms with Gasteiger partial charge in [0.25, 0.3) is 0 Å². The number of rotatable bonds is 5. The lowest BCUT2D eigenvalue weighted by Gasteiger charge is -2.24. The molecule has 0 radical (unpaired) electrons. The Hall–Kier alpha value is -1.05. The van der Waals surface area contributed by atoms with Crippen LogP contribution in [0.25, 0.3) is 0 Å². The summed E-state index contributed by atoms with van der Waals surface area (Å²) in [7, 11) is 0. The first-order valence-electron chi connectivity index (χ1n) is 6.95. The molecule has 100 valence electrons. The molecule has 0 aromatic carbocycles. The zero-order valence-electron chi connectivity index (χ0n) is 11.5. The van der Waals surface area contributed by atoms with Crippen molar-refractivity contribution in [2.45, 2.75) is 45.6 Å². The summed E-state index contributed by atoms with van der Waals surface area (Å²) in [6.45, 7) is 12.1. The molecule has 0 aromatic rings. The predicted molar refractivity (Wildman–Crippen MR) is 73.0 cm³/mol. The zero-order valence-corrected chi connectivity index (χ0v) is 11.5. The van der Waals surface area contributed by atoms with Crippen LogP contribution in [0.3, 0.4) is 0 Å². The van der Waals surface area contributed by atoms with Crippen molar-refractivity contribution in [1.82, 2.24) is 0 Å². The molecule has 1 aliphatic heterocycles. The van der Waals surface area contributed by atoms with E-state index in [1.807, 2.05) is 12.2 Å². The number of hydrogen-bond acceptors (Lipinski definition) is 2. The van der Waals surface area contributed by atoms with Gasteiger partial charge in [0.15, 0.2) is 0 Å². The Labute approximate surface area is 110 Å². The minimum absolute atomic E-state index is 0.00804. The molecule has 18 heavy (non-hydrogen) atoms. The maximum Gasteiger partial charge on any atom is 0.309 e. The molecule has 0 bridgehead atoms. The van der Waals surface area contributed by atoms with Crippen molar-refractivity contribution in [1.29, 1.82) is 0 Å². The van der Waals surface area contributed by atoms with Crippen LogP contribution in [-0.2, 0) is 9.53 Å². The quantitative estimate of drug-likeness (QED) is 0.421. The number of allylic oxidation sites excluding steroid dienone is 2.